The second kappa shape index (κ2) is 7.23. The Morgan fingerprint density at radius 1 is 1.26 bits per heavy atom. The third kappa shape index (κ3) is 4.63. The molecule has 3 N–H and O–H groups in total. The minimum Gasteiger partial charge on any atom is -0.379 e. The first-order valence-corrected chi connectivity index (χ1v) is 6.67. The van der Waals surface area contributed by atoms with E-state index >= 15 is 0 Å². The Balaban J connectivity index is 1.79. The lowest BCUT2D eigenvalue weighted by molar-refractivity contribution is -0.114. The number of nitrogens with one attached hydrogen (secondary N) is 1. The fourth-order valence-electron chi connectivity index (χ4n) is 2.08. The molecular weight excluding hydrogens is 242 g/mol. The number of ether oxygens (including phenoxy) is 1. The van der Waals surface area contributed by atoms with Crippen molar-refractivity contribution in [2.24, 2.45) is 5.73 Å². The van der Waals surface area contributed by atoms with Crippen LogP contribution in [-0.2, 0) is 16.0 Å². The third-order valence-corrected chi connectivity index (χ3v) is 3.24. The van der Waals surface area contributed by atoms with E-state index in [9.17, 15) is 4.79 Å². The Morgan fingerprint density at radius 3 is 2.58 bits per heavy atom. The zero-order chi connectivity index (χ0) is 13.5. The van der Waals surface area contributed by atoms with E-state index in [2.05, 4.69) is 10.2 Å². The van der Waals surface area contributed by atoms with Crippen LogP contribution in [0.15, 0.2) is 24.3 Å². The summed E-state index contributed by atoms with van der Waals surface area (Å²) in [6.45, 7) is 4.78. The minimum atomic E-state index is -0.166. The summed E-state index contributed by atoms with van der Waals surface area (Å²) in [6.07, 6.45) is 1.02. The third-order valence-electron chi connectivity index (χ3n) is 3.24. The van der Waals surface area contributed by atoms with Crippen LogP contribution in [0.3, 0.4) is 0 Å². The Hall–Kier alpha value is -1.43. The highest BCUT2D eigenvalue weighted by atomic mass is 16.5. The van der Waals surface area contributed by atoms with Crippen LogP contribution in [0.4, 0.5) is 5.69 Å². The number of carbonyl (C=O) groups is 1. The fraction of sp³-hybridized carbons (Fsp3) is 0.500. The van der Waals surface area contributed by atoms with Gasteiger partial charge in [-0.15, -0.1) is 0 Å². The molecule has 1 saturated heterocycles. The molecule has 1 aliphatic rings. The van der Waals surface area contributed by atoms with Gasteiger partial charge in [0.15, 0.2) is 0 Å². The van der Waals surface area contributed by atoms with Crippen molar-refractivity contribution in [3.63, 3.8) is 0 Å². The molecule has 1 aromatic carbocycles. The fourth-order valence-corrected chi connectivity index (χ4v) is 2.08. The molecule has 2 rings (SSSR count). The standard InChI is InChI=1S/C14H21N3O2/c15-11-14(18)16-13-3-1-12(2-4-13)5-6-17-7-9-19-10-8-17/h1-4H,5-11,15H2,(H,16,18). The number of amides is 1. The molecule has 19 heavy (non-hydrogen) atoms. The molecule has 1 amide bonds. The van der Waals surface area contributed by atoms with Crippen molar-refractivity contribution in [1.82, 2.24) is 4.90 Å². The number of anilines is 1. The summed E-state index contributed by atoms with van der Waals surface area (Å²) < 4.78 is 5.32. The SMILES string of the molecule is NCC(=O)Nc1ccc(CCN2CCOCC2)cc1. The zero-order valence-electron chi connectivity index (χ0n) is 11.1. The second-order valence-corrected chi connectivity index (χ2v) is 4.65. The molecular formula is C14H21N3O2. The molecule has 1 aliphatic heterocycles. The number of morpholine rings is 1. The van der Waals surface area contributed by atoms with E-state index in [4.69, 9.17) is 10.5 Å². The molecule has 5 heteroatoms. The van der Waals surface area contributed by atoms with Gasteiger partial charge in [-0.05, 0) is 24.1 Å². The monoisotopic (exact) mass is 263 g/mol. The van der Waals surface area contributed by atoms with Gasteiger partial charge in [-0.25, -0.2) is 0 Å². The first kappa shape index (κ1) is 14.0. The number of rotatable bonds is 5. The summed E-state index contributed by atoms with van der Waals surface area (Å²) in [6, 6.07) is 7.93. The van der Waals surface area contributed by atoms with Crippen molar-refractivity contribution in [3.8, 4) is 0 Å². The summed E-state index contributed by atoms with van der Waals surface area (Å²) in [5.74, 6) is -0.166. The molecule has 0 aromatic heterocycles. The van der Waals surface area contributed by atoms with Gasteiger partial charge in [-0.1, -0.05) is 12.1 Å². The molecule has 0 atom stereocenters. The largest absolute Gasteiger partial charge is 0.379 e. The van der Waals surface area contributed by atoms with Gasteiger partial charge in [0.05, 0.1) is 19.8 Å². The summed E-state index contributed by atoms with van der Waals surface area (Å²) in [4.78, 5) is 13.6. The average molecular weight is 263 g/mol. The van der Waals surface area contributed by atoms with E-state index in [1.165, 1.54) is 5.56 Å². The van der Waals surface area contributed by atoms with E-state index < -0.39 is 0 Å². The maximum Gasteiger partial charge on any atom is 0.238 e. The molecule has 0 unspecified atom stereocenters. The van der Waals surface area contributed by atoms with Gasteiger partial charge in [0.25, 0.3) is 0 Å². The average Bonchev–Trinajstić information content (AvgIpc) is 2.47. The molecule has 1 aromatic rings. The van der Waals surface area contributed by atoms with Crippen LogP contribution in [-0.4, -0.2) is 50.2 Å². The molecule has 0 spiro atoms. The summed E-state index contributed by atoms with van der Waals surface area (Å²) in [5, 5.41) is 2.73. The predicted molar refractivity (Wildman–Crippen MR) is 75.1 cm³/mol. The van der Waals surface area contributed by atoms with Crippen molar-refractivity contribution in [2.75, 3.05) is 44.7 Å². The number of hydrogen-bond donors (Lipinski definition) is 2. The number of nitrogens with two attached hydrogens (primary N) is 1. The highest BCUT2D eigenvalue weighted by Gasteiger charge is 2.09. The van der Waals surface area contributed by atoms with E-state index in [0.717, 1.165) is 45.0 Å². The van der Waals surface area contributed by atoms with Crippen LogP contribution < -0.4 is 11.1 Å². The predicted octanol–water partition coefficient (Wildman–Crippen LogP) is 0.458. The summed E-state index contributed by atoms with van der Waals surface area (Å²) in [5.41, 5.74) is 7.32. The zero-order valence-corrected chi connectivity index (χ0v) is 11.1. The van der Waals surface area contributed by atoms with Gasteiger partial charge in [0.2, 0.25) is 5.91 Å². The molecule has 104 valence electrons. The lowest BCUT2D eigenvalue weighted by Gasteiger charge is -2.26. The number of benzene rings is 1. The van der Waals surface area contributed by atoms with E-state index in [0.29, 0.717) is 0 Å². The molecule has 0 bridgehead atoms. The van der Waals surface area contributed by atoms with E-state index in [1.54, 1.807) is 0 Å². The lowest BCUT2D eigenvalue weighted by atomic mass is 10.1. The Morgan fingerprint density at radius 2 is 1.95 bits per heavy atom. The van der Waals surface area contributed by atoms with E-state index in [-0.39, 0.29) is 12.5 Å². The van der Waals surface area contributed by atoms with Crippen molar-refractivity contribution in [3.05, 3.63) is 29.8 Å². The highest BCUT2D eigenvalue weighted by Crippen LogP contribution is 2.10. The molecule has 1 fully saturated rings. The van der Waals surface area contributed by atoms with Gasteiger partial charge in [0, 0.05) is 25.3 Å². The first-order valence-electron chi connectivity index (χ1n) is 6.67. The molecule has 5 nitrogen and oxygen atoms in total. The quantitative estimate of drug-likeness (QED) is 0.810. The van der Waals surface area contributed by atoms with Gasteiger partial charge < -0.3 is 15.8 Å². The van der Waals surface area contributed by atoms with Crippen LogP contribution in [0.2, 0.25) is 0 Å². The van der Waals surface area contributed by atoms with Crippen LogP contribution >= 0.6 is 0 Å². The highest BCUT2D eigenvalue weighted by molar-refractivity contribution is 5.92. The Bertz CT molecular complexity index is 400. The number of nitrogens with zero attached hydrogens (tertiary/aromatic N) is 1. The molecule has 0 saturated carbocycles. The van der Waals surface area contributed by atoms with Crippen molar-refractivity contribution < 1.29 is 9.53 Å². The van der Waals surface area contributed by atoms with Gasteiger partial charge >= 0.3 is 0 Å². The van der Waals surface area contributed by atoms with Gasteiger partial charge in [-0.2, -0.15) is 0 Å². The Labute approximate surface area is 113 Å². The maximum absolute atomic E-state index is 11.1. The van der Waals surface area contributed by atoms with Gasteiger partial charge in [0.1, 0.15) is 0 Å². The van der Waals surface area contributed by atoms with Crippen LogP contribution in [0, 0.1) is 0 Å². The smallest absolute Gasteiger partial charge is 0.238 e. The first-order chi connectivity index (χ1) is 9.28. The normalized spacial score (nSPS) is 16.3. The number of hydrogen-bond acceptors (Lipinski definition) is 4. The topological polar surface area (TPSA) is 67.6 Å². The molecule has 1 heterocycles. The molecule has 0 aliphatic carbocycles. The summed E-state index contributed by atoms with van der Waals surface area (Å²) >= 11 is 0. The van der Waals surface area contributed by atoms with Crippen LogP contribution in [0.5, 0.6) is 0 Å². The molecule has 0 radical (unpaired) electrons. The van der Waals surface area contributed by atoms with Crippen molar-refractivity contribution in [1.29, 1.82) is 0 Å². The van der Waals surface area contributed by atoms with Crippen molar-refractivity contribution in [2.45, 2.75) is 6.42 Å². The Kier molecular flexibility index (Phi) is 5.32. The maximum atomic E-state index is 11.1. The van der Waals surface area contributed by atoms with Crippen molar-refractivity contribution >= 4 is 11.6 Å². The van der Waals surface area contributed by atoms with E-state index in [1.807, 2.05) is 24.3 Å². The summed E-state index contributed by atoms with van der Waals surface area (Å²) in [7, 11) is 0. The van der Waals surface area contributed by atoms with Gasteiger partial charge in [-0.3, -0.25) is 9.69 Å². The number of carbonyl (C=O) groups excluding carboxylic acids is 1. The van der Waals surface area contributed by atoms with Crippen LogP contribution in [0.1, 0.15) is 5.56 Å². The second-order valence-electron chi connectivity index (χ2n) is 4.65. The lowest BCUT2D eigenvalue weighted by Crippen LogP contribution is -2.37. The minimum absolute atomic E-state index is 0.0127. The van der Waals surface area contributed by atoms with Crippen LogP contribution in [0.25, 0.3) is 0 Å².